The van der Waals surface area contributed by atoms with Gasteiger partial charge >= 0.3 is 0 Å². The van der Waals surface area contributed by atoms with Crippen LogP contribution in [0.25, 0.3) is 21.0 Å². The molecule has 4 aromatic rings. The van der Waals surface area contributed by atoms with E-state index in [2.05, 4.69) is 9.71 Å². The number of nitrogens with one attached hydrogen (secondary N) is 1. The summed E-state index contributed by atoms with van der Waals surface area (Å²) in [7, 11) is -2.21. The highest BCUT2D eigenvalue weighted by atomic mass is 32.2. The molecule has 126 valence electrons. The van der Waals surface area contributed by atoms with Gasteiger partial charge in [-0.05, 0) is 24.3 Å². The Labute approximate surface area is 149 Å². The van der Waals surface area contributed by atoms with Gasteiger partial charge in [0.2, 0.25) is 0 Å². The average Bonchev–Trinajstić information content (AvgIpc) is 3.02. The summed E-state index contributed by atoms with van der Waals surface area (Å²) in [5.74, 6) is 0.634. The van der Waals surface area contributed by atoms with Crippen LogP contribution in [-0.2, 0) is 10.0 Å². The molecule has 0 saturated heterocycles. The van der Waals surface area contributed by atoms with Gasteiger partial charge in [0.05, 0.1) is 22.2 Å². The lowest BCUT2D eigenvalue weighted by atomic mass is 10.1. The van der Waals surface area contributed by atoms with E-state index in [1.54, 1.807) is 31.4 Å². The Hall–Kier alpha value is -2.64. The van der Waals surface area contributed by atoms with E-state index in [1.165, 1.54) is 11.3 Å². The van der Waals surface area contributed by atoms with Gasteiger partial charge in [0.15, 0.2) is 5.13 Å². The fourth-order valence-corrected chi connectivity index (χ4v) is 5.06. The van der Waals surface area contributed by atoms with Crippen LogP contribution in [0.4, 0.5) is 5.13 Å². The molecule has 0 fully saturated rings. The van der Waals surface area contributed by atoms with E-state index in [-0.39, 0.29) is 4.90 Å². The van der Waals surface area contributed by atoms with E-state index in [4.69, 9.17) is 4.74 Å². The largest absolute Gasteiger partial charge is 0.496 e. The lowest BCUT2D eigenvalue weighted by Gasteiger charge is -2.11. The van der Waals surface area contributed by atoms with Gasteiger partial charge in [-0.2, -0.15) is 0 Å². The maximum Gasteiger partial charge on any atom is 0.264 e. The minimum absolute atomic E-state index is 0.197. The van der Waals surface area contributed by atoms with Crippen LogP contribution >= 0.6 is 11.3 Å². The highest BCUT2D eigenvalue weighted by Crippen LogP contribution is 2.33. The highest BCUT2D eigenvalue weighted by Gasteiger charge is 2.20. The SMILES string of the molecule is COc1ccc(S(=O)(=O)Nc2nc3ccccc3s2)c2ccccc12. The molecule has 0 aliphatic heterocycles. The van der Waals surface area contributed by atoms with Crippen LogP contribution in [0, 0.1) is 0 Å². The van der Waals surface area contributed by atoms with Crippen molar-refractivity contribution in [1.29, 1.82) is 0 Å². The number of fused-ring (bicyclic) bond motifs is 2. The summed E-state index contributed by atoms with van der Waals surface area (Å²) in [6, 6.07) is 18.0. The van der Waals surface area contributed by atoms with E-state index < -0.39 is 10.0 Å². The van der Waals surface area contributed by atoms with Crippen molar-refractivity contribution in [2.24, 2.45) is 0 Å². The van der Waals surface area contributed by atoms with E-state index in [9.17, 15) is 8.42 Å². The molecule has 0 amide bonds. The number of methoxy groups -OCH3 is 1. The van der Waals surface area contributed by atoms with Gasteiger partial charge in [0.25, 0.3) is 10.0 Å². The summed E-state index contributed by atoms with van der Waals surface area (Å²) in [5.41, 5.74) is 0.768. The zero-order valence-electron chi connectivity index (χ0n) is 13.3. The minimum atomic E-state index is -3.77. The molecule has 7 heteroatoms. The van der Waals surface area contributed by atoms with E-state index in [1.807, 2.05) is 36.4 Å². The first-order valence-corrected chi connectivity index (χ1v) is 9.82. The molecule has 0 spiro atoms. The Bertz CT molecular complexity index is 1150. The van der Waals surface area contributed by atoms with E-state index >= 15 is 0 Å². The number of anilines is 1. The van der Waals surface area contributed by atoms with Crippen LogP contribution in [0.2, 0.25) is 0 Å². The predicted octanol–water partition coefficient (Wildman–Crippen LogP) is 4.26. The molecule has 3 aromatic carbocycles. The molecular formula is C18H14N2O3S2. The zero-order chi connectivity index (χ0) is 17.4. The Kier molecular flexibility index (Phi) is 3.82. The van der Waals surface area contributed by atoms with Gasteiger partial charge in [-0.15, -0.1) is 0 Å². The van der Waals surface area contributed by atoms with Crippen molar-refractivity contribution >= 4 is 47.5 Å². The Morgan fingerprint density at radius 3 is 2.44 bits per heavy atom. The highest BCUT2D eigenvalue weighted by molar-refractivity contribution is 7.93. The number of aromatic nitrogens is 1. The summed E-state index contributed by atoms with van der Waals surface area (Å²) >= 11 is 1.31. The Balaban J connectivity index is 1.81. The van der Waals surface area contributed by atoms with Crippen LogP contribution < -0.4 is 9.46 Å². The number of hydrogen-bond donors (Lipinski definition) is 1. The monoisotopic (exact) mass is 370 g/mol. The first-order valence-electron chi connectivity index (χ1n) is 7.52. The number of sulfonamides is 1. The van der Waals surface area contributed by atoms with Crippen LogP contribution in [0.3, 0.4) is 0 Å². The molecule has 25 heavy (non-hydrogen) atoms. The lowest BCUT2D eigenvalue weighted by Crippen LogP contribution is -2.13. The summed E-state index contributed by atoms with van der Waals surface area (Å²) < 4.78 is 34.7. The fourth-order valence-electron chi connectivity index (χ4n) is 2.74. The predicted molar refractivity (Wildman–Crippen MR) is 101 cm³/mol. The molecule has 1 aromatic heterocycles. The fraction of sp³-hybridized carbons (Fsp3) is 0.0556. The third kappa shape index (κ3) is 2.81. The van der Waals surface area contributed by atoms with Gasteiger partial charge in [-0.1, -0.05) is 47.7 Å². The summed E-state index contributed by atoms with van der Waals surface area (Å²) in [6.45, 7) is 0. The van der Waals surface area contributed by atoms with Crippen molar-refractivity contribution in [3.63, 3.8) is 0 Å². The second-order valence-corrected chi connectivity index (χ2v) is 8.09. The van der Waals surface area contributed by atoms with Crippen LogP contribution in [0.15, 0.2) is 65.6 Å². The lowest BCUT2D eigenvalue weighted by molar-refractivity contribution is 0.419. The van der Waals surface area contributed by atoms with Crippen molar-refractivity contribution in [2.75, 3.05) is 11.8 Å². The maximum atomic E-state index is 12.9. The van der Waals surface area contributed by atoms with Crippen molar-refractivity contribution < 1.29 is 13.2 Å². The number of benzene rings is 3. The molecule has 0 aliphatic carbocycles. The van der Waals surface area contributed by atoms with Crippen molar-refractivity contribution in [3.8, 4) is 5.75 Å². The molecule has 1 N–H and O–H groups in total. The quantitative estimate of drug-likeness (QED) is 0.583. The first kappa shape index (κ1) is 15.9. The molecule has 0 aliphatic rings. The second kappa shape index (κ2) is 6.02. The van der Waals surface area contributed by atoms with E-state index in [0.29, 0.717) is 16.3 Å². The Morgan fingerprint density at radius 2 is 1.68 bits per heavy atom. The topological polar surface area (TPSA) is 68.3 Å². The summed E-state index contributed by atoms with van der Waals surface area (Å²) in [4.78, 5) is 4.54. The van der Waals surface area contributed by atoms with Crippen molar-refractivity contribution in [3.05, 3.63) is 60.7 Å². The minimum Gasteiger partial charge on any atom is -0.496 e. The molecule has 0 saturated carbocycles. The number of ether oxygens (including phenoxy) is 1. The van der Waals surface area contributed by atoms with E-state index in [0.717, 1.165) is 15.6 Å². The van der Waals surface area contributed by atoms with Gasteiger partial charge in [0.1, 0.15) is 5.75 Å². The number of nitrogens with zero attached hydrogens (tertiary/aromatic N) is 1. The van der Waals surface area contributed by atoms with Gasteiger partial charge < -0.3 is 4.74 Å². The molecular weight excluding hydrogens is 356 g/mol. The van der Waals surface area contributed by atoms with Crippen LogP contribution in [0.5, 0.6) is 5.75 Å². The number of rotatable bonds is 4. The third-order valence-corrected chi connectivity index (χ3v) is 6.35. The van der Waals surface area contributed by atoms with Crippen molar-refractivity contribution in [2.45, 2.75) is 4.90 Å². The summed E-state index contributed by atoms with van der Waals surface area (Å²) in [5, 5.41) is 1.70. The molecule has 0 atom stereocenters. The second-order valence-electron chi connectivity index (χ2n) is 5.40. The van der Waals surface area contributed by atoms with Crippen LogP contribution in [-0.4, -0.2) is 20.5 Å². The third-order valence-electron chi connectivity index (χ3n) is 3.87. The van der Waals surface area contributed by atoms with Gasteiger partial charge in [0, 0.05) is 10.8 Å². The Morgan fingerprint density at radius 1 is 0.960 bits per heavy atom. The summed E-state index contributed by atoms with van der Waals surface area (Å²) in [6.07, 6.45) is 0. The molecule has 0 unspecified atom stereocenters. The van der Waals surface area contributed by atoms with Gasteiger partial charge in [-0.25, -0.2) is 13.4 Å². The smallest absolute Gasteiger partial charge is 0.264 e. The zero-order valence-corrected chi connectivity index (χ0v) is 14.9. The van der Waals surface area contributed by atoms with Crippen molar-refractivity contribution in [1.82, 2.24) is 4.98 Å². The normalized spacial score (nSPS) is 11.7. The standard InChI is InChI=1S/C18H14N2O3S2/c1-23-15-10-11-17(13-7-3-2-6-12(13)15)25(21,22)20-18-19-14-8-4-5-9-16(14)24-18/h2-11H,1H3,(H,19,20). The molecule has 1 heterocycles. The molecule has 0 bridgehead atoms. The maximum absolute atomic E-state index is 12.9. The molecule has 4 rings (SSSR count). The first-order chi connectivity index (χ1) is 12.1. The molecule has 5 nitrogen and oxygen atoms in total. The van der Waals surface area contributed by atoms with Crippen LogP contribution in [0.1, 0.15) is 0 Å². The average molecular weight is 370 g/mol. The molecule has 0 radical (unpaired) electrons. The number of thiazole rings is 1. The van der Waals surface area contributed by atoms with Gasteiger partial charge in [-0.3, -0.25) is 4.72 Å². The number of hydrogen-bond acceptors (Lipinski definition) is 5. The number of para-hydroxylation sites is 1.